The van der Waals surface area contributed by atoms with Gasteiger partial charge in [0, 0.05) is 18.0 Å². The highest BCUT2D eigenvalue weighted by atomic mass is 35.5. The molecular formula is C13H26ClNO2S. The van der Waals surface area contributed by atoms with Crippen molar-refractivity contribution in [2.24, 2.45) is 0 Å². The number of rotatable bonds is 5. The average molecular weight is 296 g/mol. The highest BCUT2D eigenvalue weighted by Crippen LogP contribution is 2.29. The molecule has 1 aliphatic rings. The van der Waals surface area contributed by atoms with E-state index in [0.29, 0.717) is 12.4 Å². The van der Waals surface area contributed by atoms with Crippen LogP contribution in [0.1, 0.15) is 52.9 Å². The molecule has 1 N–H and O–H groups in total. The van der Waals surface area contributed by atoms with Gasteiger partial charge in [0.1, 0.15) is 0 Å². The molecule has 0 heterocycles. The molecule has 1 rings (SSSR count). The zero-order chi connectivity index (χ0) is 13.9. The number of halogens is 1. The van der Waals surface area contributed by atoms with E-state index in [-0.39, 0.29) is 11.3 Å². The Labute approximate surface area is 117 Å². The van der Waals surface area contributed by atoms with Crippen LogP contribution in [0.5, 0.6) is 0 Å². The Kier molecular flexibility index (Phi) is 5.51. The normalized spacial score (nSPS) is 20.9. The molecule has 5 heteroatoms. The van der Waals surface area contributed by atoms with Crippen LogP contribution in [0.2, 0.25) is 0 Å². The van der Waals surface area contributed by atoms with Crippen LogP contribution in [0.15, 0.2) is 0 Å². The van der Waals surface area contributed by atoms with Crippen molar-refractivity contribution in [3.63, 3.8) is 0 Å². The fourth-order valence-electron chi connectivity index (χ4n) is 2.34. The first kappa shape index (κ1) is 16.3. The minimum Gasteiger partial charge on any atom is -0.309 e. The van der Waals surface area contributed by atoms with Crippen LogP contribution in [0, 0.1) is 0 Å². The molecule has 0 amide bonds. The first-order chi connectivity index (χ1) is 8.22. The Bertz CT molecular complexity index is 354. The van der Waals surface area contributed by atoms with Gasteiger partial charge in [0.25, 0.3) is 0 Å². The van der Waals surface area contributed by atoms with Crippen molar-refractivity contribution in [3.8, 4) is 0 Å². The van der Waals surface area contributed by atoms with Crippen LogP contribution < -0.4 is 5.32 Å². The van der Waals surface area contributed by atoms with Gasteiger partial charge in [-0.05, 0) is 33.6 Å². The van der Waals surface area contributed by atoms with E-state index in [0.717, 1.165) is 12.8 Å². The molecule has 0 unspecified atom stereocenters. The number of alkyl halides is 1. The quantitative estimate of drug-likeness (QED) is 0.793. The lowest BCUT2D eigenvalue weighted by molar-refractivity contribution is 0.263. The maximum absolute atomic E-state index is 12.0. The van der Waals surface area contributed by atoms with E-state index >= 15 is 0 Å². The standard InChI is InChI=1S/C13H26ClNO2S/c1-12(2,3)18(16,17)10-9-15-13(11-14)7-5-4-6-8-13/h15H,4-11H2,1-3H3. The van der Waals surface area contributed by atoms with Gasteiger partial charge < -0.3 is 5.32 Å². The third-order valence-electron chi connectivity index (χ3n) is 3.87. The fourth-order valence-corrected chi connectivity index (χ4v) is 3.69. The average Bonchev–Trinajstić information content (AvgIpc) is 2.28. The first-order valence-electron chi connectivity index (χ1n) is 6.76. The Morgan fingerprint density at radius 3 is 2.17 bits per heavy atom. The number of hydrogen-bond acceptors (Lipinski definition) is 3. The van der Waals surface area contributed by atoms with Crippen LogP contribution in [0.4, 0.5) is 0 Å². The van der Waals surface area contributed by atoms with Gasteiger partial charge in [0.05, 0.1) is 10.5 Å². The summed E-state index contributed by atoms with van der Waals surface area (Å²) in [5.74, 6) is 0.762. The van der Waals surface area contributed by atoms with Gasteiger partial charge in [-0.15, -0.1) is 11.6 Å². The van der Waals surface area contributed by atoms with E-state index in [9.17, 15) is 8.42 Å². The van der Waals surface area contributed by atoms with Crippen molar-refractivity contribution in [1.29, 1.82) is 0 Å². The van der Waals surface area contributed by atoms with E-state index in [1.54, 1.807) is 20.8 Å². The van der Waals surface area contributed by atoms with Gasteiger partial charge in [-0.3, -0.25) is 0 Å². The van der Waals surface area contributed by atoms with Crippen molar-refractivity contribution in [3.05, 3.63) is 0 Å². The zero-order valence-corrected chi connectivity index (χ0v) is 13.3. The lowest BCUT2D eigenvalue weighted by Gasteiger charge is -2.37. The maximum Gasteiger partial charge on any atom is 0.156 e. The topological polar surface area (TPSA) is 46.2 Å². The molecule has 0 aromatic heterocycles. The molecule has 18 heavy (non-hydrogen) atoms. The van der Waals surface area contributed by atoms with Crippen LogP contribution in [-0.2, 0) is 9.84 Å². The van der Waals surface area contributed by atoms with Gasteiger partial charge in [0.2, 0.25) is 0 Å². The van der Waals surface area contributed by atoms with E-state index in [1.807, 2.05) is 0 Å². The molecule has 1 fully saturated rings. The van der Waals surface area contributed by atoms with E-state index in [1.165, 1.54) is 19.3 Å². The minimum absolute atomic E-state index is 0.0345. The van der Waals surface area contributed by atoms with E-state index in [2.05, 4.69) is 5.32 Å². The molecule has 0 spiro atoms. The monoisotopic (exact) mass is 295 g/mol. The molecular weight excluding hydrogens is 270 g/mol. The Balaban J connectivity index is 2.50. The van der Waals surface area contributed by atoms with Crippen LogP contribution in [0.3, 0.4) is 0 Å². The minimum atomic E-state index is -3.04. The SMILES string of the molecule is CC(C)(C)S(=O)(=O)CCNC1(CCl)CCCCC1. The molecule has 0 aromatic rings. The summed E-state index contributed by atoms with van der Waals surface area (Å²) >= 11 is 6.07. The molecule has 1 aliphatic carbocycles. The Hall–Kier alpha value is 0.200. The highest BCUT2D eigenvalue weighted by molar-refractivity contribution is 7.92. The van der Waals surface area contributed by atoms with Crippen molar-refractivity contribution in [1.82, 2.24) is 5.32 Å². The summed E-state index contributed by atoms with van der Waals surface area (Å²) in [6.07, 6.45) is 5.76. The second kappa shape index (κ2) is 6.10. The van der Waals surface area contributed by atoms with Gasteiger partial charge in [-0.1, -0.05) is 19.3 Å². The van der Waals surface area contributed by atoms with Gasteiger partial charge in [-0.25, -0.2) is 8.42 Å². The smallest absolute Gasteiger partial charge is 0.156 e. The van der Waals surface area contributed by atoms with Crippen LogP contribution in [0.25, 0.3) is 0 Å². The lowest BCUT2D eigenvalue weighted by Crippen LogP contribution is -2.50. The Morgan fingerprint density at radius 2 is 1.72 bits per heavy atom. The largest absolute Gasteiger partial charge is 0.309 e. The third-order valence-corrected chi connectivity index (χ3v) is 6.99. The van der Waals surface area contributed by atoms with Crippen molar-refractivity contribution in [2.45, 2.75) is 63.2 Å². The number of sulfone groups is 1. The molecule has 0 saturated heterocycles. The molecule has 3 nitrogen and oxygen atoms in total. The molecule has 1 saturated carbocycles. The summed E-state index contributed by atoms with van der Waals surface area (Å²) in [7, 11) is -3.04. The molecule has 0 aromatic carbocycles. The first-order valence-corrected chi connectivity index (χ1v) is 8.94. The number of nitrogens with one attached hydrogen (secondary N) is 1. The van der Waals surface area contributed by atoms with Crippen LogP contribution >= 0.6 is 11.6 Å². The van der Waals surface area contributed by atoms with Crippen molar-refractivity contribution in [2.75, 3.05) is 18.2 Å². The molecule has 108 valence electrons. The molecule has 0 bridgehead atoms. The predicted octanol–water partition coefficient (Wildman–Crippen LogP) is 2.73. The predicted molar refractivity (Wildman–Crippen MR) is 78.1 cm³/mol. The second-order valence-electron chi connectivity index (χ2n) is 6.33. The summed E-state index contributed by atoms with van der Waals surface area (Å²) in [4.78, 5) is 0. The summed E-state index contributed by atoms with van der Waals surface area (Å²) < 4.78 is 23.4. The second-order valence-corrected chi connectivity index (χ2v) is 9.46. The van der Waals surface area contributed by atoms with Crippen molar-refractivity contribution >= 4 is 21.4 Å². The Morgan fingerprint density at radius 1 is 1.17 bits per heavy atom. The van der Waals surface area contributed by atoms with Gasteiger partial charge >= 0.3 is 0 Å². The third kappa shape index (κ3) is 4.10. The maximum atomic E-state index is 12.0. The lowest BCUT2D eigenvalue weighted by atomic mass is 9.83. The van der Waals surface area contributed by atoms with Gasteiger partial charge in [0.15, 0.2) is 9.84 Å². The summed E-state index contributed by atoms with van der Waals surface area (Å²) in [5, 5.41) is 3.40. The molecule has 0 atom stereocenters. The van der Waals surface area contributed by atoms with Crippen LogP contribution in [-0.4, -0.2) is 36.9 Å². The van der Waals surface area contributed by atoms with Crippen molar-refractivity contribution < 1.29 is 8.42 Å². The summed E-state index contributed by atoms with van der Waals surface area (Å²) in [6, 6.07) is 0. The van der Waals surface area contributed by atoms with E-state index in [4.69, 9.17) is 11.6 Å². The van der Waals surface area contributed by atoms with E-state index < -0.39 is 14.6 Å². The zero-order valence-electron chi connectivity index (χ0n) is 11.8. The fraction of sp³-hybridized carbons (Fsp3) is 1.00. The summed E-state index contributed by atoms with van der Waals surface area (Å²) in [6.45, 7) is 5.76. The molecule has 0 radical (unpaired) electrons. The van der Waals surface area contributed by atoms with Gasteiger partial charge in [-0.2, -0.15) is 0 Å². The summed E-state index contributed by atoms with van der Waals surface area (Å²) in [5.41, 5.74) is -0.0345. The number of hydrogen-bond donors (Lipinski definition) is 1. The highest BCUT2D eigenvalue weighted by Gasteiger charge is 2.32. The molecule has 0 aliphatic heterocycles.